The van der Waals surface area contributed by atoms with Crippen LogP contribution in [0.5, 0.6) is 0 Å². The van der Waals surface area contributed by atoms with E-state index in [1.165, 1.54) is 11.6 Å². The second kappa shape index (κ2) is 5.67. The van der Waals surface area contributed by atoms with E-state index in [9.17, 15) is 8.42 Å². The Morgan fingerprint density at radius 2 is 1.72 bits per heavy atom. The molecule has 3 nitrogen and oxygen atoms in total. The van der Waals surface area contributed by atoms with Crippen LogP contribution in [0.25, 0.3) is 6.08 Å². The van der Waals surface area contributed by atoms with E-state index in [1.807, 2.05) is 24.3 Å². The third kappa shape index (κ3) is 4.63. The Bertz CT molecular complexity index is 505. The molecule has 0 aromatic heterocycles. The molecule has 0 aliphatic carbocycles. The van der Waals surface area contributed by atoms with Crippen LogP contribution in [0, 0.1) is 0 Å². The molecule has 4 heteroatoms. The fourth-order valence-electron chi connectivity index (χ4n) is 1.46. The molecule has 0 atom stereocenters. The third-order valence-electron chi connectivity index (χ3n) is 2.49. The molecule has 0 amide bonds. The van der Waals surface area contributed by atoms with Gasteiger partial charge in [0.1, 0.15) is 0 Å². The first-order valence-corrected chi connectivity index (χ1v) is 7.40. The Kier molecular flexibility index (Phi) is 4.71. The molecule has 0 heterocycles. The molecule has 1 aromatic rings. The Hall–Kier alpha value is -1.13. The number of benzene rings is 1. The summed E-state index contributed by atoms with van der Waals surface area (Å²) >= 11 is 0. The van der Waals surface area contributed by atoms with Gasteiger partial charge in [0.2, 0.25) is 0 Å². The second-order valence-corrected chi connectivity index (χ2v) is 6.57. The Morgan fingerprint density at radius 3 is 2.17 bits per heavy atom. The lowest BCUT2D eigenvalue weighted by Crippen LogP contribution is -2.10. The van der Waals surface area contributed by atoms with E-state index in [1.54, 1.807) is 6.92 Å². The van der Waals surface area contributed by atoms with Gasteiger partial charge in [-0.15, -0.1) is 0 Å². The fourth-order valence-corrected chi connectivity index (χ4v) is 2.19. The van der Waals surface area contributed by atoms with Crippen LogP contribution >= 0.6 is 0 Å². The Balaban J connectivity index is 2.85. The summed E-state index contributed by atoms with van der Waals surface area (Å²) in [5.41, 5.74) is 2.15. The summed E-state index contributed by atoms with van der Waals surface area (Å²) in [6, 6.07) is 7.82. The smallest absolute Gasteiger partial charge is 0.267 e. The predicted octanol–water partition coefficient (Wildman–Crippen LogP) is 3.32. The highest BCUT2D eigenvalue weighted by Crippen LogP contribution is 2.22. The van der Waals surface area contributed by atoms with Gasteiger partial charge in [-0.3, -0.25) is 4.18 Å². The predicted molar refractivity (Wildman–Crippen MR) is 74.7 cm³/mol. The van der Waals surface area contributed by atoms with Crippen molar-refractivity contribution >= 4 is 16.2 Å². The zero-order valence-corrected chi connectivity index (χ0v) is 12.1. The molecule has 0 N–H and O–H groups in total. The van der Waals surface area contributed by atoms with Crippen molar-refractivity contribution in [3.63, 3.8) is 0 Å². The van der Waals surface area contributed by atoms with Crippen molar-refractivity contribution in [3.8, 4) is 0 Å². The van der Waals surface area contributed by atoms with Crippen LogP contribution in [0.4, 0.5) is 0 Å². The quantitative estimate of drug-likeness (QED) is 0.787. The van der Waals surface area contributed by atoms with Crippen molar-refractivity contribution in [3.05, 3.63) is 40.8 Å². The van der Waals surface area contributed by atoms with Gasteiger partial charge in [0.25, 0.3) is 10.1 Å². The lowest BCUT2D eigenvalue weighted by molar-refractivity contribution is 0.345. The molecule has 0 aliphatic heterocycles. The van der Waals surface area contributed by atoms with Crippen molar-refractivity contribution in [2.24, 2.45) is 0 Å². The van der Waals surface area contributed by atoms with Gasteiger partial charge in [-0.05, 0) is 29.5 Å². The van der Waals surface area contributed by atoms with Gasteiger partial charge in [-0.1, -0.05) is 45.0 Å². The van der Waals surface area contributed by atoms with Gasteiger partial charge in [-0.2, -0.15) is 8.42 Å². The normalized spacial score (nSPS) is 13.1. The van der Waals surface area contributed by atoms with Gasteiger partial charge in [-0.25, -0.2) is 0 Å². The summed E-state index contributed by atoms with van der Waals surface area (Å²) in [4.78, 5) is 0. The topological polar surface area (TPSA) is 43.4 Å². The molecule has 0 saturated heterocycles. The molecule has 0 bridgehead atoms. The van der Waals surface area contributed by atoms with Gasteiger partial charge < -0.3 is 0 Å². The lowest BCUT2D eigenvalue weighted by Gasteiger charge is -2.18. The van der Waals surface area contributed by atoms with Crippen LogP contribution in [0.3, 0.4) is 0 Å². The van der Waals surface area contributed by atoms with E-state index in [-0.39, 0.29) is 12.0 Å². The third-order valence-corrected chi connectivity index (χ3v) is 3.52. The molecule has 0 spiro atoms. The highest BCUT2D eigenvalue weighted by Gasteiger charge is 2.12. The maximum atomic E-state index is 11.3. The number of hydrogen-bond donors (Lipinski definition) is 0. The van der Waals surface area contributed by atoms with Crippen LogP contribution in [0.15, 0.2) is 29.7 Å². The van der Waals surface area contributed by atoms with Gasteiger partial charge in [0.05, 0.1) is 12.0 Å². The van der Waals surface area contributed by atoms with Gasteiger partial charge >= 0.3 is 0 Å². The molecule has 1 aromatic carbocycles. The van der Waals surface area contributed by atoms with Crippen LogP contribution in [0.1, 0.15) is 38.8 Å². The summed E-state index contributed by atoms with van der Waals surface area (Å²) in [5.74, 6) is 0. The molecule has 0 fully saturated rings. The number of hydrogen-bond acceptors (Lipinski definition) is 3. The molecule has 0 aliphatic rings. The van der Waals surface area contributed by atoms with Crippen molar-refractivity contribution < 1.29 is 12.6 Å². The second-order valence-electron chi connectivity index (χ2n) is 5.07. The zero-order valence-electron chi connectivity index (χ0n) is 11.3. The SMILES string of the molecule is CCOS(=O)(=O)/C=C/c1ccc(C(C)(C)C)cc1. The summed E-state index contributed by atoms with van der Waals surface area (Å²) in [6.45, 7) is 8.20. The highest BCUT2D eigenvalue weighted by molar-refractivity contribution is 7.89. The van der Waals surface area contributed by atoms with Crippen LogP contribution < -0.4 is 0 Å². The van der Waals surface area contributed by atoms with E-state index in [0.717, 1.165) is 11.0 Å². The van der Waals surface area contributed by atoms with E-state index < -0.39 is 10.1 Å². The molecule has 0 saturated carbocycles. The van der Waals surface area contributed by atoms with Crippen LogP contribution in [-0.2, 0) is 19.7 Å². The van der Waals surface area contributed by atoms with Gasteiger partial charge in [0, 0.05) is 0 Å². The lowest BCUT2D eigenvalue weighted by atomic mass is 9.87. The maximum Gasteiger partial charge on any atom is 0.290 e. The van der Waals surface area contributed by atoms with Crippen LogP contribution in [-0.4, -0.2) is 15.0 Å². The molecule has 0 unspecified atom stereocenters. The standard InChI is InChI=1S/C14H20O3S/c1-5-17-18(15,16)11-10-12-6-8-13(9-7-12)14(2,3)4/h6-11H,5H2,1-4H3/b11-10+. The fraction of sp³-hybridized carbons (Fsp3) is 0.429. The minimum atomic E-state index is -3.55. The monoisotopic (exact) mass is 268 g/mol. The molecule has 100 valence electrons. The largest absolute Gasteiger partial charge is 0.290 e. The molecule has 0 radical (unpaired) electrons. The first-order chi connectivity index (χ1) is 8.24. The minimum Gasteiger partial charge on any atom is -0.267 e. The van der Waals surface area contributed by atoms with E-state index in [2.05, 4.69) is 25.0 Å². The van der Waals surface area contributed by atoms with E-state index in [4.69, 9.17) is 0 Å². The van der Waals surface area contributed by atoms with Crippen molar-refractivity contribution in [2.75, 3.05) is 6.61 Å². The van der Waals surface area contributed by atoms with E-state index >= 15 is 0 Å². The molecule has 18 heavy (non-hydrogen) atoms. The van der Waals surface area contributed by atoms with Crippen molar-refractivity contribution in [2.45, 2.75) is 33.1 Å². The molecular formula is C14H20O3S. The van der Waals surface area contributed by atoms with Crippen molar-refractivity contribution in [1.82, 2.24) is 0 Å². The first-order valence-electron chi connectivity index (χ1n) is 5.92. The molecular weight excluding hydrogens is 248 g/mol. The van der Waals surface area contributed by atoms with Crippen LogP contribution in [0.2, 0.25) is 0 Å². The van der Waals surface area contributed by atoms with E-state index in [0.29, 0.717) is 0 Å². The van der Waals surface area contributed by atoms with Crippen molar-refractivity contribution in [1.29, 1.82) is 0 Å². The average Bonchev–Trinajstić information content (AvgIpc) is 2.26. The molecule has 1 rings (SSSR count). The van der Waals surface area contributed by atoms with Gasteiger partial charge in [0.15, 0.2) is 0 Å². The maximum absolute atomic E-state index is 11.3. The summed E-state index contributed by atoms with van der Waals surface area (Å²) in [5, 5.41) is 1.09. The summed E-state index contributed by atoms with van der Waals surface area (Å²) in [6.07, 6.45) is 1.54. The summed E-state index contributed by atoms with van der Waals surface area (Å²) in [7, 11) is -3.55. The first kappa shape index (κ1) is 14.9. The Labute approximate surface area is 110 Å². The average molecular weight is 268 g/mol. The zero-order chi connectivity index (χ0) is 13.8. The minimum absolute atomic E-state index is 0.0969. The highest BCUT2D eigenvalue weighted by atomic mass is 32.2. The number of rotatable bonds is 4. The Morgan fingerprint density at radius 1 is 1.17 bits per heavy atom. The summed E-state index contributed by atoms with van der Waals surface area (Å²) < 4.78 is 27.3.